The zero-order valence-electron chi connectivity index (χ0n) is 19.8. The number of amides is 2. The average molecular weight is 469 g/mol. The van der Waals surface area contributed by atoms with Crippen molar-refractivity contribution in [3.63, 3.8) is 0 Å². The number of hydrogen-bond acceptors (Lipinski definition) is 4. The van der Waals surface area contributed by atoms with Gasteiger partial charge in [0.15, 0.2) is 0 Å². The number of fused-ring (bicyclic) bond motifs is 1. The predicted octanol–water partition coefficient (Wildman–Crippen LogP) is 3.68. The lowest BCUT2D eigenvalue weighted by Crippen LogP contribution is -2.51. The number of rotatable bonds is 6. The van der Waals surface area contributed by atoms with Gasteiger partial charge in [-0.2, -0.15) is 0 Å². The van der Waals surface area contributed by atoms with Crippen LogP contribution in [0.3, 0.4) is 0 Å². The van der Waals surface area contributed by atoms with Crippen LogP contribution < -0.4 is 4.74 Å². The van der Waals surface area contributed by atoms with E-state index in [4.69, 9.17) is 4.74 Å². The second-order valence-corrected chi connectivity index (χ2v) is 8.79. The number of nitrogens with zero attached hydrogens (tertiary/aromatic N) is 4. The van der Waals surface area contributed by atoms with Gasteiger partial charge in [0.05, 0.1) is 6.42 Å². The van der Waals surface area contributed by atoms with Gasteiger partial charge < -0.3 is 19.1 Å². The Bertz CT molecular complexity index is 1330. The van der Waals surface area contributed by atoms with Gasteiger partial charge >= 0.3 is 0 Å². The topological polar surface area (TPSA) is 67.7 Å². The molecule has 1 saturated heterocycles. The predicted molar refractivity (Wildman–Crippen MR) is 134 cm³/mol. The number of pyridine rings is 1. The molecule has 0 aliphatic carbocycles. The lowest BCUT2D eigenvalue weighted by atomic mass is 10.2. The Morgan fingerprint density at radius 2 is 1.63 bits per heavy atom. The Balaban J connectivity index is 1.22. The van der Waals surface area contributed by atoms with Gasteiger partial charge in [0.2, 0.25) is 5.91 Å². The van der Waals surface area contributed by atoms with Crippen LogP contribution in [0.2, 0.25) is 0 Å². The van der Waals surface area contributed by atoms with Gasteiger partial charge in [0.1, 0.15) is 18.1 Å². The highest BCUT2D eigenvalue weighted by molar-refractivity contribution is 5.99. The summed E-state index contributed by atoms with van der Waals surface area (Å²) in [5.41, 5.74) is 3.62. The molecule has 35 heavy (non-hydrogen) atoms. The van der Waals surface area contributed by atoms with Crippen LogP contribution in [-0.4, -0.2) is 57.3 Å². The first-order valence-electron chi connectivity index (χ1n) is 11.8. The van der Waals surface area contributed by atoms with E-state index in [2.05, 4.69) is 4.98 Å². The molecule has 5 rings (SSSR count). The third-order valence-electron chi connectivity index (χ3n) is 6.48. The van der Waals surface area contributed by atoms with Crippen LogP contribution in [-0.2, 0) is 24.9 Å². The van der Waals surface area contributed by atoms with E-state index in [1.165, 1.54) is 0 Å². The summed E-state index contributed by atoms with van der Waals surface area (Å²) in [6, 6.07) is 21.6. The molecule has 7 nitrogen and oxygen atoms in total. The van der Waals surface area contributed by atoms with Crippen molar-refractivity contribution < 1.29 is 14.3 Å². The minimum atomic E-state index is -0.0187. The Kier molecular flexibility index (Phi) is 6.48. The largest absolute Gasteiger partial charge is 0.489 e. The van der Waals surface area contributed by atoms with Crippen molar-refractivity contribution in [1.29, 1.82) is 0 Å². The second-order valence-electron chi connectivity index (χ2n) is 8.79. The standard InChI is InChI=1S/C28H28N4O3/c1-30-25-10-9-24(35-20-21-6-3-2-4-7-21)17-23(25)18-26(30)28(34)32-14-12-31(13-15-32)27(33)16-22-8-5-11-29-19-22/h2-11,17-19H,12-16,20H2,1H3. The van der Waals surface area contributed by atoms with Crippen molar-refractivity contribution >= 4 is 22.7 Å². The molecule has 0 unspecified atom stereocenters. The molecule has 0 bridgehead atoms. The zero-order valence-corrected chi connectivity index (χ0v) is 19.8. The number of hydrogen-bond donors (Lipinski definition) is 0. The SMILES string of the molecule is Cn1c(C(=O)N2CCN(C(=O)Cc3cccnc3)CC2)cc2cc(OCc3ccccc3)ccc21. The van der Waals surface area contributed by atoms with Gasteiger partial charge in [-0.1, -0.05) is 36.4 Å². The Morgan fingerprint density at radius 3 is 2.37 bits per heavy atom. The molecule has 2 aromatic carbocycles. The van der Waals surface area contributed by atoms with Crippen molar-refractivity contribution in [2.75, 3.05) is 26.2 Å². The highest BCUT2D eigenvalue weighted by Gasteiger charge is 2.26. The summed E-state index contributed by atoms with van der Waals surface area (Å²) < 4.78 is 7.89. The molecule has 1 fully saturated rings. The van der Waals surface area contributed by atoms with Crippen LogP contribution in [0.5, 0.6) is 5.75 Å². The van der Waals surface area contributed by atoms with Crippen LogP contribution in [0.4, 0.5) is 0 Å². The summed E-state index contributed by atoms with van der Waals surface area (Å²) in [5.74, 6) is 0.819. The molecule has 2 aromatic heterocycles. The van der Waals surface area contributed by atoms with Gasteiger partial charge in [-0.15, -0.1) is 0 Å². The fourth-order valence-electron chi connectivity index (χ4n) is 4.47. The normalized spacial score (nSPS) is 13.7. The molecular formula is C28H28N4O3. The van der Waals surface area contributed by atoms with E-state index in [0.29, 0.717) is 44.9 Å². The summed E-state index contributed by atoms with van der Waals surface area (Å²) in [7, 11) is 1.91. The maximum Gasteiger partial charge on any atom is 0.270 e. The van der Waals surface area contributed by atoms with E-state index in [1.54, 1.807) is 12.4 Å². The molecule has 1 aliphatic rings. The third kappa shape index (κ3) is 5.04. The van der Waals surface area contributed by atoms with Crippen molar-refractivity contribution in [3.8, 4) is 5.75 Å². The molecule has 0 radical (unpaired) electrons. The minimum Gasteiger partial charge on any atom is -0.489 e. The Hall–Kier alpha value is -4.13. The number of aromatic nitrogens is 2. The summed E-state index contributed by atoms with van der Waals surface area (Å²) in [5, 5.41) is 0.965. The zero-order chi connectivity index (χ0) is 24.2. The van der Waals surface area contributed by atoms with E-state index < -0.39 is 0 Å². The smallest absolute Gasteiger partial charge is 0.270 e. The number of carbonyl (C=O) groups excluding carboxylic acids is 2. The molecule has 0 spiro atoms. The monoisotopic (exact) mass is 468 g/mol. The molecular weight excluding hydrogens is 440 g/mol. The van der Waals surface area contributed by atoms with Crippen molar-refractivity contribution in [2.45, 2.75) is 13.0 Å². The molecule has 0 saturated carbocycles. The number of ether oxygens (including phenoxy) is 1. The third-order valence-corrected chi connectivity index (χ3v) is 6.48. The van der Waals surface area contributed by atoms with E-state index in [9.17, 15) is 9.59 Å². The highest BCUT2D eigenvalue weighted by atomic mass is 16.5. The molecule has 3 heterocycles. The fraction of sp³-hybridized carbons (Fsp3) is 0.250. The number of aryl methyl sites for hydroxylation is 1. The fourth-order valence-corrected chi connectivity index (χ4v) is 4.47. The summed E-state index contributed by atoms with van der Waals surface area (Å²) in [6.45, 7) is 2.60. The van der Waals surface area contributed by atoms with Crippen LogP contribution in [0.1, 0.15) is 21.6 Å². The first kappa shape index (κ1) is 22.7. The molecule has 1 aliphatic heterocycles. The van der Waals surface area contributed by atoms with E-state index in [-0.39, 0.29) is 11.8 Å². The van der Waals surface area contributed by atoms with Gasteiger partial charge in [-0.3, -0.25) is 14.6 Å². The lowest BCUT2D eigenvalue weighted by Gasteiger charge is -2.35. The first-order chi connectivity index (χ1) is 17.1. The van der Waals surface area contributed by atoms with Gasteiger partial charge in [-0.05, 0) is 41.5 Å². The average Bonchev–Trinajstić information content (AvgIpc) is 3.24. The molecule has 4 aromatic rings. The lowest BCUT2D eigenvalue weighted by molar-refractivity contribution is -0.131. The maximum absolute atomic E-state index is 13.3. The van der Waals surface area contributed by atoms with Crippen molar-refractivity contribution in [3.05, 3.63) is 95.9 Å². The number of carbonyl (C=O) groups is 2. The highest BCUT2D eigenvalue weighted by Crippen LogP contribution is 2.25. The van der Waals surface area contributed by atoms with E-state index in [1.807, 2.05) is 88.1 Å². The summed E-state index contributed by atoms with van der Waals surface area (Å²) in [4.78, 5) is 33.7. The first-order valence-corrected chi connectivity index (χ1v) is 11.8. The molecule has 0 N–H and O–H groups in total. The molecule has 0 atom stereocenters. The Labute approximate surface area is 204 Å². The van der Waals surface area contributed by atoms with Crippen LogP contribution in [0.15, 0.2) is 79.1 Å². The number of piperazine rings is 1. The quantitative estimate of drug-likeness (QED) is 0.433. The molecule has 7 heteroatoms. The summed E-state index contributed by atoms with van der Waals surface area (Å²) in [6.07, 6.45) is 3.75. The van der Waals surface area contributed by atoms with Crippen LogP contribution in [0.25, 0.3) is 10.9 Å². The molecule has 2 amide bonds. The van der Waals surface area contributed by atoms with Gasteiger partial charge in [0.25, 0.3) is 5.91 Å². The van der Waals surface area contributed by atoms with Crippen LogP contribution >= 0.6 is 0 Å². The van der Waals surface area contributed by atoms with Crippen molar-refractivity contribution in [1.82, 2.24) is 19.4 Å². The van der Waals surface area contributed by atoms with Gasteiger partial charge in [0, 0.05) is 56.5 Å². The Morgan fingerprint density at radius 1 is 0.886 bits per heavy atom. The van der Waals surface area contributed by atoms with E-state index >= 15 is 0 Å². The summed E-state index contributed by atoms with van der Waals surface area (Å²) >= 11 is 0. The maximum atomic E-state index is 13.3. The minimum absolute atomic E-state index is 0.0187. The van der Waals surface area contributed by atoms with Crippen molar-refractivity contribution in [2.24, 2.45) is 7.05 Å². The molecule has 178 valence electrons. The van der Waals surface area contributed by atoms with E-state index in [0.717, 1.165) is 27.8 Å². The second kappa shape index (κ2) is 10.0. The van der Waals surface area contributed by atoms with Gasteiger partial charge in [-0.25, -0.2) is 0 Å². The van der Waals surface area contributed by atoms with Crippen LogP contribution in [0, 0.1) is 0 Å². The number of benzene rings is 2.